The van der Waals surface area contributed by atoms with Crippen molar-refractivity contribution in [2.45, 2.75) is 13.8 Å². The molecule has 29 heavy (non-hydrogen) atoms. The number of thiocarbonyl (C=S) groups is 1. The lowest BCUT2D eigenvalue weighted by molar-refractivity contribution is 0.0697. The number of aromatic nitrogens is 2. The van der Waals surface area contributed by atoms with Gasteiger partial charge in [-0.1, -0.05) is 23.8 Å². The summed E-state index contributed by atoms with van der Waals surface area (Å²) in [5.41, 5.74) is 6.19. The minimum absolute atomic E-state index is 0.0371. The molecule has 9 heteroatoms. The van der Waals surface area contributed by atoms with Gasteiger partial charge in [0.1, 0.15) is 0 Å². The minimum atomic E-state index is -1.03. The first kappa shape index (κ1) is 20.0. The molecule has 2 aromatic carbocycles. The summed E-state index contributed by atoms with van der Waals surface area (Å²) in [5.74, 6) is -1.06. The third-order valence-electron chi connectivity index (χ3n) is 4.09. The predicted octanol–water partition coefficient (Wildman–Crippen LogP) is 3.21. The molecule has 0 spiro atoms. The first-order valence-electron chi connectivity index (χ1n) is 8.64. The highest BCUT2D eigenvalue weighted by Crippen LogP contribution is 2.23. The summed E-state index contributed by atoms with van der Waals surface area (Å²) in [5, 5.41) is 30.9. The van der Waals surface area contributed by atoms with E-state index in [4.69, 9.17) is 17.3 Å². The second kappa shape index (κ2) is 8.53. The molecular weight excluding hydrogens is 390 g/mol. The lowest BCUT2D eigenvalue weighted by Gasteiger charge is -2.07. The van der Waals surface area contributed by atoms with E-state index in [1.54, 1.807) is 19.1 Å². The molecule has 1 heterocycles. The van der Waals surface area contributed by atoms with E-state index >= 15 is 0 Å². The Morgan fingerprint density at radius 2 is 1.93 bits per heavy atom. The minimum Gasteiger partial charge on any atom is -0.493 e. The highest BCUT2D eigenvalue weighted by molar-refractivity contribution is 7.80. The smallest absolute Gasteiger partial charge is 0.335 e. The number of aryl methyl sites for hydroxylation is 2. The summed E-state index contributed by atoms with van der Waals surface area (Å²) in [6.07, 6.45) is 1.42. The Morgan fingerprint density at radius 1 is 1.21 bits per heavy atom. The SMILES string of the molecule is Cc1ccc(-n2nc(C)c(/C=N/NC(=S)Nc3cccc(C(=O)O)c3)c2O)cc1. The molecule has 0 aliphatic heterocycles. The molecule has 0 saturated carbocycles. The summed E-state index contributed by atoms with van der Waals surface area (Å²) in [6.45, 7) is 3.75. The van der Waals surface area contributed by atoms with Crippen LogP contribution in [-0.2, 0) is 0 Å². The van der Waals surface area contributed by atoms with Crippen LogP contribution in [0.4, 0.5) is 5.69 Å². The van der Waals surface area contributed by atoms with Crippen molar-refractivity contribution in [1.29, 1.82) is 0 Å². The van der Waals surface area contributed by atoms with Gasteiger partial charge in [0, 0.05) is 5.69 Å². The summed E-state index contributed by atoms with van der Waals surface area (Å²) in [7, 11) is 0. The lowest BCUT2D eigenvalue weighted by Crippen LogP contribution is -2.24. The van der Waals surface area contributed by atoms with Crippen molar-refractivity contribution in [2.24, 2.45) is 5.10 Å². The van der Waals surface area contributed by atoms with Crippen molar-refractivity contribution in [3.05, 3.63) is 70.9 Å². The number of anilines is 1. The number of carbonyl (C=O) groups is 1. The van der Waals surface area contributed by atoms with Crippen molar-refractivity contribution in [1.82, 2.24) is 15.2 Å². The molecule has 1 aromatic heterocycles. The highest BCUT2D eigenvalue weighted by Gasteiger charge is 2.14. The van der Waals surface area contributed by atoms with Crippen LogP contribution >= 0.6 is 12.2 Å². The van der Waals surface area contributed by atoms with Crippen LogP contribution in [0.2, 0.25) is 0 Å². The fourth-order valence-electron chi connectivity index (χ4n) is 2.59. The third-order valence-corrected chi connectivity index (χ3v) is 4.28. The van der Waals surface area contributed by atoms with E-state index in [0.29, 0.717) is 16.9 Å². The van der Waals surface area contributed by atoms with E-state index < -0.39 is 5.97 Å². The van der Waals surface area contributed by atoms with Crippen LogP contribution in [-0.4, -0.2) is 37.3 Å². The van der Waals surface area contributed by atoms with Crippen molar-refractivity contribution in [3.63, 3.8) is 0 Å². The Kier molecular flexibility index (Phi) is 5.89. The van der Waals surface area contributed by atoms with Crippen molar-refractivity contribution in [3.8, 4) is 11.6 Å². The van der Waals surface area contributed by atoms with Crippen LogP contribution in [0.25, 0.3) is 5.69 Å². The maximum atomic E-state index is 11.0. The van der Waals surface area contributed by atoms with Crippen LogP contribution in [0.5, 0.6) is 5.88 Å². The molecular formula is C20H19N5O3S. The average Bonchev–Trinajstić information content (AvgIpc) is 2.97. The second-order valence-corrected chi connectivity index (χ2v) is 6.69. The Hall–Kier alpha value is -3.72. The zero-order valence-electron chi connectivity index (χ0n) is 15.7. The quantitative estimate of drug-likeness (QED) is 0.291. The molecule has 3 rings (SSSR count). The van der Waals surface area contributed by atoms with Gasteiger partial charge >= 0.3 is 5.97 Å². The fourth-order valence-corrected chi connectivity index (χ4v) is 2.76. The number of hydrogen-bond acceptors (Lipinski definition) is 5. The van der Waals surface area contributed by atoms with E-state index in [1.165, 1.54) is 23.0 Å². The normalized spacial score (nSPS) is 10.8. The number of hydrazone groups is 1. The van der Waals surface area contributed by atoms with Gasteiger partial charge in [-0.3, -0.25) is 5.43 Å². The number of aromatic hydroxyl groups is 1. The van der Waals surface area contributed by atoms with Crippen LogP contribution in [0.15, 0.2) is 53.6 Å². The summed E-state index contributed by atoms with van der Waals surface area (Å²) >= 11 is 5.15. The molecule has 0 radical (unpaired) electrons. The second-order valence-electron chi connectivity index (χ2n) is 6.28. The molecule has 0 atom stereocenters. The number of carboxylic acids is 1. The first-order chi connectivity index (χ1) is 13.8. The number of carboxylic acid groups (broad SMARTS) is 1. The zero-order valence-corrected chi connectivity index (χ0v) is 16.6. The van der Waals surface area contributed by atoms with Gasteiger partial charge < -0.3 is 15.5 Å². The standard InChI is InChI=1S/C20H19N5O3S/c1-12-6-8-16(9-7-12)25-18(26)17(13(2)24-25)11-21-23-20(29)22-15-5-3-4-14(10-15)19(27)28/h3-11,26H,1-2H3,(H,27,28)(H2,22,23,29)/b21-11+. The van der Waals surface area contributed by atoms with Crippen LogP contribution in [0.1, 0.15) is 27.2 Å². The molecule has 0 amide bonds. The Morgan fingerprint density at radius 3 is 2.62 bits per heavy atom. The van der Waals surface area contributed by atoms with E-state index in [-0.39, 0.29) is 16.6 Å². The Bertz CT molecular complexity index is 1090. The monoisotopic (exact) mass is 409 g/mol. The summed E-state index contributed by atoms with van der Waals surface area (Å²) in [6, 6.07) is 13.8. The van der Waals surface area contributed by atoms with Crippen molar-refractivity contribution in [2.75, 3.05) is 5.32 Å². The molecule has 0 aliphatic rings. The van der Waals surface area contributed by atoms with Crippen molar-refractivity contribution < 1.29 is 15.0 Å². The number of nitrogens with one attached hydrogen (secondary N) is 2. The molecule has 0 unspecified atom stereocenters. The summed E-state index contributed by atoms with van der Waals surface area (Å²) < 4.78 is 1.43. The third kappa shape index (κ3) is 4.77. The van der Waals surface area contributed by atoms with Gasteiger partial charge in [0.15, 0.2) is 5.11 Å². The highest BCUT2D eigenvalue weighted by atomic mass is 32.1. The molecule has 148 valence electrons. The average molecular weight is 409 g/mol. The molecule has 8 nitrogen and oxygen atoms in total. The summed E-state index contributed by atoms with van der Waals surface area (Å²) in [4.78, 5) is 11.0. The van der Waals surface area contributed by atoms with Gasteiger partial charge in [0.05, 0.1) is 28.7 Å². The maximum Gasteiger partial charge on any atom is 0.335 e. The van der Waals surface area contributed by atoms with E-state index in [9.17, 15) is 9.90 Å². The van der Waals surface area contributed by atoms with Crippen LogP contribution in [0.3, 0.4) is 0 Å². The lowest BCUT2D eigenvalue weighted by atomic mass is 10.2. The Labute approximate surface area is 172 Å². The van der Waals surface area contributed by atoms with E-state index in [1.807, 2.05) is 31.2 Å². The molecule has 0 bridgehead atoms. The van der Waals surface area contributed by atoms with Gasteiger partial charge in [0.2, 0.25) is 5.88 Å². The number of hydrogen-bond donors (Lipinski definition) is 4. The zero-order chi connectivity index (χ0) is 21.0. The van der Waals surface area contributed by atoms with Gasteiger partial charge in [0.25, 0.3) is 0 Å². The van der Waals surface area contributed by atoms with Gasteiger partial charge in [-0.25, -0.2) is 9.48 Å². The molecule has 4 N–H and O–H groups in total. The van der Waals surface area contributed by atoms with Gasteiger partial charge in [-0.05, 0) is 56.4 Å². The van der Waals surface area contributed by atoms with E-state index in [0.717, 1.165) is 11.3 Å². The van der Waals surface area contributed by atoms with Gasteiger partial charge in [-0.2, -0.15) is 10.2 Å². The van der Waals surface area contributed by atoms with Crippen LogP contribution < -0.4 is 10.7 Å². The number of aromatic carboxylic acids is 1. The number of benzene rings is 2. The number of nitrogens with zero attached hydrogens (tertiary/aromatic N) is 3. The Balaban J connectivity index is 1.69. The van der Waals surface area contributed by atoms with Gasteiger partial charge in [-0.15, -0.1) is 0 Å². The topological polar surface area (TPSA) is 112 Å². The van der Waals surface area contributed by atoms with Crippen molar-refractivity contribution >= 4 is 35.2 Å². The largest absolute Gasteiger partial charge is 0.493 e. The number of rotatable bonds is 5. The first-order valence-corrected chi connectivity index (χ1v) is 9.05. The molecule has 0 saturated heterocycles. The molecule has 0 fully saturated rings. The predicted molar refractivity (Wildman–Crippen MR) is 115 cm³/mol. The fraction of sp³-hybridized carbons (Fsp3) is 0.100. The molecule has 0 aliphatic carbocycles. The maximum absolute atomic E-state index is 11.0. The van der Waals surface area contributed by atoms with E-state index in [2.05, 4.69) is 20.9 Å². The molecule has 3 aromatic rings. The van der Waals surface area contributed by atoms with Crippen LogP contribution in [0, 0.1) is 13.8 Å².